The van der Waals surface area contributed by atoms with Crippen LogP contribution >= 0.6 is 0 Å². The van der Waals surface area contributed by atoms with Crippen molar-refractivity contribution >= 4 is 0 Å². The number of aliphatic hydroxyl groups is 1. The Morgan fingerprint density at radius 1 is 1.40 bits per heavy atom. The van der Waals surface area contributed by atoms with Crippen LogP contribution < -0.4 is 5.73 Å². The first-order chi connectivity index (χ1) is 7.16. The number of nitrogens with two attached hydrogens (primary N) is 1. The monoisotopic (exact) mass is 214 g/mol. The van der Waals surface area contributed by atoms with Gasteiger partial charge in [-0.25, -0.2) is 0 Å². The van der Waals surface area contributed by atoms with Crippen LogP contribution in [0.15, 0.2) is 0 Å². The van der Waals surface area contributed by atoms with Gasteiger partial charge in [-0.2, -0.15) is 0 Å². The van der Waals surface area contributed by atoms with E-state index < -0.39 is 5.60 Å². The molecule has 0 bridgehead atoms. The summed E-state index contributed by atoms with van der Waals surface area (Å²) >= 11 is 0. The molecule has 0 heterocycles. The van der Waals surface area contributed by atoms with Gasteiger partial charge < -0.3 is 15.7 Å². The van der Waals surface area contributed by atoms with E-state index in [0.717, 1.165) is 45.3 Å². The first-order valence-electron chi connectivity index (χ1n) is 6.31. The predicted octanol–water partition coefficient (Wildman–Crippen LogP) is 1.21. The third-order valence-electron chi connectivity index (χ3n) is 3.96. The molecule has 2 atom stereocenters. The zero-order valence-electron chi connectivity index (χ0n) is 10.2. The quantitative estimate of drug-likeness (QED) is 0.698. The third kappa shape index (κ3) is 3.16. The van der Waals surface area contributed by atoms with Crippen molar-refractivity contribution in [1.82, 2.24) is 4.90 Å². The van der Waals surface area contributed by atoms with E-state index in [1.807, 2.05) is 0 Å². The number of hydrogen-bond donors (Lipinski definition) is 2. The van der Waals surface area contributed by atoms with E-state index in [-0.39, 0.29) is 0 Å². The van der Waals surface area contributed by atoms with Crippen molar-refractivity contribution in [2.24, 2.45) is 11.7 Å². The third-order valence-corrected chi connectivity index (χ3v) is 3.96. The maximum absolute atomic E-state index is 10.3. The molecule has 0 amide bonds. The molecule has 1 fully saturated rings. The van der Waals surface area contributed by atoms with Gasteiger partial charge >= 0.3 is 0 Å². The molecule has 1 aliphatic rings. The number of nitrogens with zero attached hydrogens (tertiary/aromatic N) is 1. The summed E-state index contributed by atoms with van der Waals surface area (Å²) in [7, 11) is 0. The fourth-order valence-corrected chi connectivity index (χ4v) is 2.69. The Hall–Kier alpha value is -0.120. The molecule has 3 N–H and O–H groups in total. The summed E-state index contributed by atoms with van der Waals surface area (Å²) in [6.07, 6.45) is 4.27. The smallest absolute Gasteiger partial charge is 0.0797 e. The summed E-state index contributed by atoms with van der Waals surface area (Å²) < 4.78 is 0. The van der Waals surface area contributed by atoms with E-state index in [4.69, 9.17) is 5.73 Å². The topological polar surface area (TPSA) is 49.5 Å². The summed E-state index contributed by atoms with van der Waals surface area (Å²) in [5.74, 6) is 0.420. The highest BCUT2D eigenvalue weighted by molar-refractivity contribution is 4.93. The van der Waals surface area contributed by atoms with Gasteiger partial charge in [-0.3, -0.25) is 0 Å². The first-order valence-corrected chi connectivity index (χ1v) is 6.31. The van der Waals surface area contributed by atoms with Crippen LogP contribution in [0, 0.1) is 5.92 Å². The average molecular weight is 214 g/mol. The Morgan fingerprint density at radius 2 is 2.07 bits per heavy atom. The lowest BCUT2D eigenvalue weighted by Crippen LogP contribution is -2.42. The second-order valence-electron chi connectivity index (χ2n) is 4.71. The van der Waals surface area contributed by atoms with Crippen molar-refractivity contribution < 1.29 is 5.11 Å². The molecule has 1 aliphatic carbocycles. The predicted molar refractivity (Wildman–Crippen MR) is 63.8 cm³/mol. The second-order valence-corrected chi connectivity index (χ2v) is 4.71. The molecule has 0 radical (unpaired) electrons. The molecular formula is C12H26N2O. The van der Waals surface area contributed by atoms with E-state index in [1.165, 1.54) is 0 Å². The highest BCUT2D eigenvalue weighted by Crippen LogP contribution is 2.37. The Bertz CT molecular complexity index is 182. The summed E-state index contributed by atoms with van der Waals surface area (Å²) in [6, 6.07) is 0. The van der Waals surface area contributed by atoms with Gasteiger partial charge in [0.25, 0.3) is 0 Å². The van der Waals surface area contributed by atoms with Crippen molar-refractivity contribution in [1.29, 1.82) is 0 Å². The molecule has 0 aromatic rings. The van der Waals surface area contributed by atoms with Crippen LogP contribution in [-0.2, 0) is 0 Å². The van der Waals surface area contributed by atoms with Crippen LogP contribution in [0.2, 0.25) is 0 Å². The van der Waals surface area contributed by atoms with Gasteiger partial charge in [0.05, 0.1) is 5.60 Å². The molecule has 2 unspecified atom stereocenters. The summed E-state index contributed by atoms with van der Waals surface area (Å²) in [5, 5.41) is 10.3. The van der Waals surface area contributed by atoms with Crippen molar-refractivity contribution in [3.8, 4) is 0 Å². The minimum Gasteiger partial charge on any atom is -0.388 e. The summed E-state index contributed by atoms with van der Waals surface area (Å²) in [5.41, 5.74) is 5.10. The molecule has 0 spiro atoms. The molecule has 0 aromatic carbocycles. The van der Waals surface area contributed by atoms with Crippen molar-refractivity contribution in [3.63, 3.8) is 0 Å². The molecule has 0 aliphatic heterocycles. The molecule has 90 valence electrons. The van der Waals surface area contributed by atoms with Crippen molar-refractivity contribution in [2.45, 2.75) is 45.1 Å². The van der Waals surface area contributed by atoms with Gasteiger partial charge in [-0.05, 0) is 44.8 Å². The fourth-order valence-electron chi connectivity index (χ4n) is 2.69. The Kier molecular flexibility index (Phi) is 5.03. The molecule has 15 heavy (non-hydrogen) atoms. The lowest BCUT2D eigenvalue weighted by molar-refractivity contribution is 0.00487. The molecular weight excluding hydrogens is 188 g/mol. The van der Waals surface area contributed by atoms with E-state index in [1.54, 1.807) is 0 Å². The number of hydrogen-bond acceptors (Lipinski definition) is 3. The van der Waals surface area contributed by atoms with Gasteiger partial charge in [0.15, 0.2) is 0 Å². The molecule has 1 rings (SSSR count). The largest absolute Gasteiger partial charge is 0.388 e. The highest BCUT2D eigenvalue weighted by atomic mass is 16.3. The molecule has 1 saturated carbocycles. The van der Waals surface area contributed by atoms with Crippen molar-refractivity contribution in [2.75, 3.05) is 26.2 Å². The van der Waals surface area contributed by atoms with Crippen LogP contribution in [-0.4, -0.2) is 41.8 Å². The summed E-state index contributed by atoms with van der Waals surface area (Å²) in [4.78, 5) is 2.41. The van der Waals surface area contributed by atoms with Crippen LogP contribution in [0.3, 0.4) is 0 Å². The maximum Gasteiger partial charge on any atom is 0.0797 e. The lowest BCUT2D eigenvalue weighted by Gasteiger charge is -2.30. The normalized spacial score (nSPS) is 31.4. The Labute approximate surface area is 93.6 Å². The Balaban J connectivity index is 2.37. The van der Waals surface area contributed by atoms with E-state index in [2.05, 4.69) is 18.7 Å². The van der Waals surface area contributed by atoms with Crippen LogP contribution in [0.5, 0.6) is 0 Å². The standard InChI is InChI=1S/C12H26N2O/c1-3-14(4-2)9-7-11-6-5-8-12(11,15)10-13/h11,15H,3-10,13H2,1-2H3. The fraction of sp³-hybridized carbons (Fsp3) is 1.00. The SMILES string of the molecule is CCN(CC)CCC1CCCC1(O)CN. The van der Waals surface area contributed by atoms with E-state index >= 15 is 0 Å². The molecule has 3 nitrogen and oxygen atoms in total. The van der Waals surface area contributed by atoms with Gasteiger partial charge in [-0.15, -0.1) is 0 Å². The second kappa shape index (κ2) is 5.83. The first kappa shape index (κ1) is 12.9. The van der Waals surface area contributed by atoms with Crippen LogP contribution in [0.25, 0.3) is 0 Å². The van der Waals surface area contributed by atoms with Gasteiger partial charge in [-0.1, -0.05) is 20.3 Å². The van der Waals surface area contributed by atoms with E-state index in [0.29, 0.717) is 12.5 Å². The lowest BCUT2D eigenvalue weighted by atomic mass is 9.88. The maximum atomic E-state index is 10.3. The minimum absolute atomic E-state index is 0.420. The molecule has 3 heteroatoms. The van der Waals surface area contributed by atoms with Gasteiger partial charge in [0, 0.05) is 6.54 Å². The van der Waals surface area contributed by atoms with Gasteiger partial charge in [0.2, 0.25) is 0 Å². The minimum atomic E-state index is -0.562. The molecule has 0 saturated heterocycles. The zero-order valence-corrected chi connectivity index (χ0v) is 10.2. The molecule has 0 aromatic heterocycles. The van der Waals surface area contributed by atoms with Crippen LogP contribution in [0.4, 0.5) is 0 Å². The average Bonchev–Trinajstić information content (AvgIpc) is 2.63. The van der Waals surface area contributed by atoms with E-state index in [9.17, 15) is 5.11 Å². The van der Waals surface area contributed by atoms with Crippen LogP contribution in [0.1, 0.15) is 39.5 Å². The highest BCUT2D eigenvalue weighted by Gasteiger charge is 2.39. The summed E-state index contributed by atoms with van der Waals surface area (Å²) in [6.45, 7) is 8.10. The zero-order chi connectivity index (χ0) is 11.3. The Morgan fingerprint density at radius 3 is 2.60 bits per heavy atom. The van der Waals surface area contributed by atoms with Crippen molar-refractivity contribution in [3.05, 3.63) is 0 Å². The number of rotatable bonds is 6. The van der Waals surface area contributed by atoms with Gasteiger partial charge in [0.1, 0.15) is 0 Å².